The number of hydrogen-bond acceptors (Lipinski definition) is 5. The fraction of sp³-hybridized carbons (Fsp3) is 0.500. The first-order valence-corrected chi connectivity index (χ1v) is 8.52. The molecule has 0 unspecified atom stereocenters. The Morgan fingerprint density at radius 1 is 1.28 bits per heavy atom. The summed E-state index contributed by atoms with van der Waals surface area (Å²) < 4.78 is 7.48. The summed E-state index contributed by atoms with van der Waals surface area (Å²) in [6.45, 7) is 6.27. The Bertz CT molecular complexity index is 717. The third-order valence-electron chi connectivity index (χ3n) is 4.26. The standard InChI is InChI=1S/C18H25N5O2/c1-13-9-23(10-14(2)25-13)17-6-5-16(8-19-17)18(24)21(3)11-15-7-20-22(4)12-15/h5-8,12-14H,9-11H2,1-4H3/t13-,14-/m1/s1. The Labute approximate surface area is 148 Å². The largest absolute Gasteiger partial charge is 0.372 e. The van der Waals surface area contributed by atoms with Gasteiger partial charge in [-0.05, 0) is 26.0 Å². The number of amides is 1. The normalized spacial score (nSPS) is 20.6. The van der Waals surface area contributed by atoms with Gasteiger partial charge in [-0.3, -0.25) is 9.48 Å². The molecule has 7 heteroatoms. The first-order chi connectivity index (χ1) is 11.9. The smallest absolute Gasteiger partial charge is 0.255 e. The van der Waals surface area contributed by atoms with E-state index in [9.17, 15) is 4.79 Å². The van der Waals surface area contributed by atoms with Gasteiger partial charge in [0.15, 0.2) is 0 Å². The Hall–Kier alpha value is -2.41. The summed E-state index contributed by atoms with van der Waals surface area (Å²) in [5, 5.41) is 4.13. The van der Waals surface area contributed by atoms with Crippen molar-refractivity contribution in [1.82, 2.24) is 19.7 Å². The van der Waals surface area contributed by atoms with E-state index in [2.05, 4.69) is 28.8 Å². The monoisotopic (exact) mass is 343 g/mol. The number of rotatable bonds is 4. The van der Waals surface area contributed by atoms with E-state index in [0.29, 0.717) is 12.1 Å². The van der Waals surface area contributed by atoms with Crippen molar-refractivity contribution in [1.29, 1.82) is 0 Å². The van der Waals surface area contributed by atoms with Crippen LogP contribution in [0, 0.1) is 0 Å². The van der Waals surface area contributed by atoms with Crippen molar-refractivity contribution in [3.63, 3.8) is 0 Å². The molecule has 134 valence electrons. The van der Waals surface area contributed by atoms with Crippen molar-refractivity contribution in [3.8, 4) is 0 Å². The lowest BCUT2D eigenvalue weighted by Gasteiger charge is -2.36. The summed E-state index contributed by atoms with van der Waals surface area (Å²) in [5.41, 5.74) is 1.59. The minimum Gasteiger partial charge on any atom is -0.372 e. The van der Waals surface area contributed by atoms with E-state index in [1.165, 1.54) is 0 Å². The van der Waals surface area contributed by atoms with E-state index in [1.54, 1.807) is 29.0 Å². The number of nitrogens with zero attached hydrogens (tertiary/aromatic N) is 5. The molecule has 1 aliphatic rings. The fourth-order valence-electron chi connectivity index (χ4n) is 3.18. The molecular formula is C18H25N5O2. The lowest BCUT2D eigenvalue weighted by atomic mass is 10.2. The maximum absolute atomic E-state index is 12.6. The highest BCUT2D eigenvalue weighted by Gasteiger charge is 2.23. The van der Waals surface area contributed by atoms with E-state index in [4.69, 9.17) is 4.74 Å². The number of morpholine rings is 1. The molecule has 1 fully saturated rings. The second-order valence-corrected chi connectivity index (χ2v) is 6.75. The molecule has 3 heterocycles. The summed E-state index contributed by atoms with van der Waals surface area (Å²) in [5.74, 6) is 0.833. The van der Waals surface area contributed by atoms with Crippen molar-refractivity contribution < 1.29 is 9.53 Å². The third-order valence-corrected chi connectivity index (χ3v) is 4.26. The van der Waals surface area contributed by atoms with Gasteiger partial charge in [-0.15, -0.1) is 0 Å². The topological polar surface area (TPSA) is 63.5 Å². The second kappa shape index (κ2) is 7.23. The van der Waals surface area contributed by atoms with Crippen LogP contribution in [0.1, 0.15) is 29.8 Å². The van der Waals surface area contributed by atoms with Crippen molar-refractivity contribution in [3.05, 3.63) is 41.9 Å². The van der Waals surface area contributed by atoms with Crippen LogP contribution in [0.25, 0.3) is 0 Å². The number of aryl methyl sites for hydroxylation is 1. The molecule has 0 N–H and O–H groups in total. The zero-order valence-corrected chi connectivity index (χ0v) is 15.2. The predicted molar refractivity (Wildman–Crippen MR) is 95.5 cm³/mol. The van der Waals surface area contributed by atoms with Gasteiger partial charge in [-0.1, -0.05) is 0 Å². The van der Waals surface area contributed by atoms with Gasteiger partial charge in [0.2, 0.25) is 0 Å². The zero-order chi connectivity index (χ0) is 18.0. The molecule has 2 aromatic rings. The lowest BCUT2D eigenvalue weighted by Crippen LogP contribution is -2.45. The molecule has 0 saturated carbocycles. The van der Waals surface area contributed by atoms with Crippen LogP contribution >= 0.6 is 0 Å². The van der Waals surface area contributed by atoms with Crippen LogP contribution in [0.4, 0.5) is 5.82 Å². The number of ether oxygens (including phenoxy) is 1. The molecule has 0 bridgehead atoms. The van der Waals surface area contributed by atoms with Crippen LogP contribution in [0.3, 0.4) is 0 Å². The maximum Gasteiger partial charge on any atom is 0.255 e. The Morgan fingerprint density at radius 3 is 2.56 bits per heavy atom. The molecule has 0 aromatic carbocycles. The molecule has 2 atom stereocenters. The quantitative estimate of drug-likeness (QED) is 0.845. The van der Waals surface area contributed by atoms with Gasteiger partial charge >= 0.3 is 0 Å². The van der Waals surface area contributed by atoms with Crippen LogP contribution in [0.15, 0.2) is 30.7 Å². The van der Waals surface area contributed by atoms with E-state index >= 15 is 0 Å². The summed E-state index contributed by atoms with van der Waals surface area (Å²) in [6.07, 6.45) is 5.69. The van der Waals surface area contributed by atoms with Crippen molar-refractivity contribution >= 4 is 11.7 Å². The Kier molecular flexibility index (Phi) is 5.03. The summed E-state index contributed by atoms with van der Waals surface area (Å²) in [7, 11) is 3.65. The molecule has 0 spiro atoms. The number of aromatic nitrogens is 3. The van der Waals surface area contributed by atoms with Crippen LogP contribution in [-0.4, -0.2) is 57.9 Å². The van der Waals surface area contributed by atoms with Gasteiger partial charge in [0, 0.05) is 51.7 Å². The molecule has 25 heavy (non-hydrogen) atoms. The molecule has 2 aromatic heterocycles. The fourth-order valence-corrected chi connectivity index (χ4v) is 3.18. The average molecular weight is 343 g/mol. The number of carbonyl (C=O) groups excluding carboxylic acids is 1. The minimum atomic E-state index is -0.0494. The molecule has 1 amide bonds. The van der Waals surface area contributed by atoms with E-state index in [0.717, 1.165) is 24.5 Å². The maximum atomic E-state index is 12.6. The van der Waals surface area contributed by atoms with Gasteiger partial charge in [0.25, 0.3) is 5.91 Å². The van der Waals surface area contributed by atoms with Crippen molar-refractivity contribution in [2.24, 2.45) is 7.05 Å². The van der Waals surface area contributed by atoms with E-state index < -0.39 is 0 Å². The van der Waals surface area contributed by atoms with E-state index in [-0.39, 0.29) is 18.1 Å². The summed E-state index contributed by atoms with van der Waals surface area (Å²) in [4.78, 5) is 20.9. The third kappa shape index (κ3) is 4.17. The number of pyridine rings is 1. The Morgan fingerprint density at radius 2 is 2.00 bits per heavy atom. The van der Waals surface area contributed by atoms with Crippen LogP contribution in [-0.2, 0) is 18.3 Å². The molecule has 1 saturated heterocycles. The van der Waals surface area contributed by atoms with Gasteiger partial charge in [0.1, 0.15) is 5.82 Å². The van der Waals surface area contributed by atoms with Gasteiger partial charge in [-0.2, -0.15) is 5.10 Å². The van der Waals surface area contributed by atoms with Crippen molar-refractivity contribution in [2.75, 3.05) is 25.0 Å². The minimum absolute atomic E-state index is 0.0494. The lowest BCUT2D eigenvalue weighted by molar-refractivity contribution is -0.00546. The highest BCUT2D eigenvalue weighted by atomic mass is 16.5. The van der Waals surface area contributed by atoms with Crippen LogP contribution < -0.4 is 4.90 Å². The van der Waals surface area contributed by atoms with Crippen molar-refractivity contribution in [2.45, 2.75) is 32.6 Å². The van der Waals surface area contributed by atoms with Crippen LogP contribution in [0.2, 0.25) is 0 Å². The van der Waals surface area contributed by atoms with Gasteiger partial charge in [-0.25, -0.2) is 4.98 Å². The molecule has 7 nitrogen and oxygen atoms in total. The first-order valence-electron chi connectivity index (χ1n) is 8.52. The number of hydrogen-bond donors (Lipinski definition) is 0. The summed E-state index contributed by atoms with van der Waals surface area (Å²) >= 11 is 0. The molecule has 0 radical (unpaired) electrons. The van der Waals surface area contributed by atoms with Gasteiger partial charge < -0.3 is 14.5 Å². The van der Waals surface area contributed by atoms with Gasteiger partial charge in [0.05, 0.1) is 24.0 Å². The van der Waals surface area contributed by atoms with E-state index in [1.807, 2.05) is 25.4 Å². The Balaban J connectivity index is 1.65. The van der Waals surface area contributed by atoms with Crippen LogP contribution in [0.5, 0.6) is 0 Å². The average Bonchev–Trinajstić information content (AvgIpc) is 2.98. The summed E-state index contributed by atoms with van der Waals surface area (Å²) in [6, 6.07) is 3.76. The second-order valence-electron chi connectivity index (χ2n) is 6.75. The first kappa shape index (κ1) is 17.4. The molecule has 3 rings (SSSR count). The SMILES string of the molecule is C[C@@H]1CN(c2ccc(C(=O)N(C)Cc3cnn(C)c3)cn2)C[C@@H](C)O1. The highest BCUT2D eigenvalue weighted by Crippen LogP contribution is 2.19. The molecule has 0 aliphatic carbocycles. The zero-order valence-electron chi connectivity index (χ0n) is 15.2. The molecule has 1 aliphatic heterocycles. The molecular weight excluding hydrogens is 318 g/mol. The highest BCUT2D eigenvalue weighted by molar-refractivity contribution is 5.93. The number of anilines is 1. The predicted octanol–water partition coefficient (Wildman–Crippen LogP) is 1.70. The number of carbonyl (C=O) groups is 1.